The fourth-order valence-corrected chi connectivity index (χ4v) is 3.03. The van der Waals surface area contributed by atoms with Gasteiger partial charge in [-0.3, -0.25) is 0 Å². The molecule has 0 unspecified atom stereocenters. The number of para-hydroxylation sites is 1. The Morgan fingerprint density at radius 3 is 2.76 bits per heavy atom. The van der Waals surface area contributed by atoms with Crippen molar-refractivity contribution >= 4 is 44.2 Å². The van der Waals surface area contributed by atoms with Crippen LogP contribution < -0.4 is 5.32 Å². The fraction of sp³-hybridized carbons (Fsp3) is 0.176. The van der Waals surface area contributed by atoms with Crippen molar-refractivity contribution < 1.29 is 4.42 Å². The maximum atomic E-state index is 6.12. The van der Waals surface area contributed by atoms with Crippen molar-refractivity contribution in [2.24, 2.45) is 0 Å². The number of rotatable bonds is 4. The Labute approximate surface area is 137 Å². The van der Waals surface area contributed by atoms with Gasteiger partial charge < -0.3 is 9.73 Å². The summed E-state index contributed by atoms with van der Waals surface area (Å²) in [6.07, 6.45) is 0.877. The molecule has 2 nitrogen and oxygen atoms in total. The molecule has 0 amide bonds. The van der Waals surface area contributed by atoms with E-state index in [1.165, 1.54) is 10.9 Å². The molecule has 0 bridgehead atoms. The molecule has 1 aromatic heterocycles. The standard InChI is InChI=1S/C17H15BrClNO/c1-2-15-12(11-6-3-4-9-16(11)21-15)10-20-14-8-5-7-13(19)17(14)18/h3-9,20H,2,10H2,1H3. The molecule has 21 heavy (non-hydrogen) atoms. The lowest BCUT2D eigenvalue weighted by Crippen LogP contribution is -2.01. The second-order valence-corrected chi connectivity index (χ2v) is 6.01. The first-order valence-corrected chi connectivity index (χ1v) is 8.05. The van der Waals surface area contributed by atoms with Crippen LogP contribution in [0.5, 0.6) is 0 Å². The molecule has 1 heterocycles. The van der Waals surface area contributed by atoms with Gasteiger partial charge in [0.25, 0.3) is 0 Å². The molecule has 3 rings (SSSR count). The molecule has 2 aromatic carbocycles. The highest BCUT2D eigenvalue weighted by atomic mass is 79.9. The Balaban J connectivity index is 1.93. The lowest BCUT2D eigenvalue weighted by Gasteiger charge is -2.09. The van der Waals surface area contributed by atoms with Crippen molar-refractivity contribution in [3.05, 3.63) is 63.3 Å². The van der Waals surface area contributed by atoms with E-state index in [1.807, 2.05) is 36.4 Å². The van der Waals surface area contributed by atoms with E-state index in [1.54, 1.807) is 0 Å². The number of nitrogens with one attached hydrogen (secondary N) is 1. The molecular formula is C17H15BrClNO. The molecule has 0 aliphatic heterocycles. The number of hydrogen-bond acceptors (Lipinski definition) is 2. The minimum absolute atomic E-state index is 0.702. The predicted molar refractivity (Wildman–Crippen MR) is 92.1 cm³/mol. The topological polar surface area (TPSA) is 25.2 Å². The van der Waals surface area contributed by atoms with E-state index in [2.05, 4.69) is 34.2 Å². The third kappa shape index (κ3) is 2.81. The molecule has 0 saturated heterocycles. The lowest BCUT2D eigenvalue weighted by molar-refractivity contribution is 0.551. The van der Waals surface area contributed by atoms with Crippen LogP contribution in [0.25, 0.3) is 11.0 Å². The smallest absolute Gasteiger partial charge is 0.134 e. The van der Waals surface area contributed by atoms with Gasteiger partial charge >= 0.3 is 0 Å². The SMILES string of the molecule is CCc1oc2ccccc2c1CNc1cccc(Cl)c1Br. The molecule has 4 heteroatoms. The van der Waals surface area contributed by atoms with Crippen LogP contribution in [0, 0.1) is 0 Å². The van der Waals surface area contributed by atoms with Gasteiger partial charge in [-0.2, -0.15) is 0 Å². The van der Waals surface area contributed by atoms with Crippen LogP contribution in [-0.4, -0.2) is 0 Å². The third-order valence-corrected chi connectivity index (χ3v) is 4.91. The normalized spacial score (nSPS) is 11.0. The van der Waals surface area contributed by atoms with Crippen LogP contribution >= 0.6 is 27.5 Å². The average molecular weight is 365 g/mol. The van der Waals surface area contributed by atoms with Crippen LogP contribution in [0.2, 0.25) is 5.02 Å². The molecule has 0 aliphatic rings. The maximum absolute atomic E-state index is 6.12. The molecule has 0 fully saturated rings. The van der Waals surface area contributed by atoms with Crippen molar-refractivity contribution in [1.82, 2.24) is 0 Å². The maximum Gasteiger partial charge on any atom is 0.134 e. The minimum Gasteiger partial charge on any atom is -0.461 e. The number of aryl methyl sites for hydroxylation is 1. The summed E-state index contributed by atoms with van der Waals surface area (Å²) in [7, 11) is 0. The largest absolute Gasteiger partial charge is 0.461 e. The first-order valence-electron chi connectivity index (χ1n) is 6.88. The van der Waals surface area contributed by atoms with Crippen LogP contribution in [-0.2, 0) is 13.0 Å². The fourth-order valence-electron chi connectivity index (χ4n) is 2.45. The Hall–Kier alpha value is -1.45. The highest BCUT2D eigenvalue weighted by Crippen LogP contribution is 2.32. The highest BCUT2D eigenvalue weighted by Gasteiger charge is 2.13. The summed E-state index contributed by atoms with van der Waals surface area (Å²) < 4.78 is 6.80. The van der Waals surface area contributed by atoms with Crippen molar-refractivity contribution in [3.63, 3.8) is 0 Å². The molecule has 0 saturated carbocycles. The van der Waals surface area contributed by atoms with Gasteiger partial charge in [0, 0.05) is 23.9 Å². The Bertz CT molecular complexity index is 782. The summed E-state index contributed by atoms with van der Waals surface area (Å²) in [5.41, 5.74) is 3.13. The van der Waals surface area contributed by atoms with Gasteiger partial charge in [-0.15, -0.1) is 0 Å². The second-order valence-electron chi connectivity index (χ2n) is 4.81. The van der Waals surface area contributed by atoms with E-state index in [4.69, 9.17) is 16.0 Å². The molecule has 0 atom stereocenters. The zero-order chi connectivity index (χ0) is 14.8. The number of benzene rings is 2. The monoisotopic (exact) mass is 363 g/mol. The van der Waals surface area contributed by atoms with Crippen molar-refractivity contribution in [3.8, 4) is 0 Å². The third-order valence-electron chi connectivity index (χ3n) is 3.51. The average Bonchev–Trinajstić information content (AvgIpc) is 2.86. The first kappa shape index (κ1) is 14.5. The lowest BCUT2D eigenvalue weighted by atomic mass is 10.1. The number of halogens is 2. The number of hydrogen-bond donors (Lipinski definition) is 1. The summed E-state index contributed by atoms with van der Waals surface area (Å²) in [5, 5.41) is 5.30. The molecule has 0 aliphatic carbocycles. The summed E-state index contributed by atoms with van der Waals surface area (Å²) >= 11 is 9.63. The van der Waals surface area contributed by atoms with Gasteiger partial charge in [-0.25, -0.2) is 0 Å². The minimum atomic E-state index is 0.702. The summed E-state index contributed by atoms with van der Waals surface area (Å²) in [6.45, 7) is 2.82. The van der Waals surface area contributed by atoms with E-state index >= 15 is 0 Å². The highest BCUT2D eigenvalue weighted by molar-refractivity contribution is 9.10. The Morgan fingerprint density at radius 2 is 1.95 bits per heavy atom. The number of anilines is 1. The summed E-state index contributed by atoms with van der Waals surface area (Å²) in [4.78, 5) is 0. The zero-order valence-electron chi connectivity index (χ0n) is 11.6. The van der Waals surface area contributed by atoms with Gasteiger partial charge in [-0.1, -0.05) is 42.8 Å². The van der Waals surface area contributed by atoms with E-state index in [0.717, 1.165) is 27.9 Å². The van der Waals surface area contributed by atoms with E-state index in [9.17, 15) is 0 Å². The molecule has 0 spiro atoms. The quantitative estimate of drug-likeness (QED) is 0.612. The predicted octanol–water partition coefficient (Wildman–Crippen LogP) is 6.02. The van der Waals surface area contributed by atoms with Crippen molar-refractivity contribution in [2.75, 3.05) is 5.32 Å². The molecule has 3 aromatic rings. The Morgan fingerprint density at radius 1 is 1.14 bits per heavy atom. The molecule has 1 N–H and O–H groups in total. The first-order chi connectivity index (χ1) is 10.2. The van der Waals surface area contributed by atoms with Crippen molar-refractivity contribution in [1.29, 1.82) is 0 Å². The van der Waals surface area contributed by atoms with Crippen LogP contribution in [0.1, 0.15) is 18.2 Å². The summed E-state index contributed by atoms with van der Waals surface area (Å²) in [5.74, 6) is 1.03. The number of furan rings is 1. The number of fused-ring (bicyclic) bond motifs is 1. The zero-order valence-corrected chi connectivity index (χ0v) is 14.0. The van der Waals surface area contributed by atoms with Crippen molar-refractivity contribution in [2.45, 2.75) is 19.9 Å². The summed E-state index contributed by atoms with van der Waals surface area (Å²) in [6, 6.07) is 13.9. The van der Waals surface area contributed by atoms with E-state index < -0.39 is 0 Å². The van der Waals surface area contributed by atoms with Gasteiger partial charge in [0.1, 0.15) is 11.3 Å². The van der Waals surface area contributed by atoms with Crippen LogP contribution in [0.15, 0.2) is 51.4 Å². The van der Waals surface area contributed by atoms with Crippen LogP contribution in [0.3, 0.4) is 0 Å². The van der Waals surface area contributed by atoms with E-state index in [-0.39, 0.29) is 0 Å². The van der Waals surface area contributed by atoms with Gasteiger partial charge in [0.15, 0.2) is 0 Å². The molecule has 108 valence electrons. The van der Waals surface area contributed by atoms with Crippen LogP contribution in [0.4, 0.5) is 5.69 Å². The van der Waals surface area contributed by atoms with E-state index in [0.29, 0.717) is 11.6 Å². The molecule has 0 radical (unpaired) electrons. The van der Waals surface area contributed by atoms with Gasteiger partial charge in [-0.05, 0) is 34.1 Å². The molecular weight excluding hydrogens is 350 g/mol. The Kier molecular flexibility index (Phi) is 4.22. The second kappa shape index (κ2) is 6.12. The van der Waals surface area contributed by atoms with Gasteiger partial charge in [0.2, 0.25) is 0 Å². The van der Waals surface area contributed by atoms with Gasteiger partial charge in [0.05, 0.1) is 15.2 Å².